The Morgan fingerprint density at radius 2 is 1.83 bits per heavy atom. The Bertz CT molecular complexity index is 186. The van der Waals surface area contributed by atoms with E-state index in [2.05, 4.69) is 6.58 Å². The van der Waals surface area contributed by atoms with Crippen molar-refractivity contribution in [2.75, 3.05) is 13.3 Å². The van der Waals surface area contributed by atoms with Crippen LogP contribution in [0.15, 0.2) is 12.7 Å². The van der Waals surface area contributed by atoms with Gasteiger partial charge in [0.1, 0.15) is 0 Å². The van der Waals surface area contributed by atoms with E-state index in [9.17, 15) is 9.36 Å². The monoisotopic (exact) mass is 196 g/mol. The van der Waals surface area contributed by atoms with E-state index >= 15 is 0 Å². The van der Waals surface area contributed by atoms with Crippen molar-refractivity contribution in [2.24, 2.45) is 0 Å². The maximum atomic E-state index is 9.77. The molecule has 0 amide bonds. The van der Waals surface area contributed by atoms with Crippen LogP contribution in [0.2, 0.25) is 0 Å². The molecule has 5 nitrogen and oxygen atoms in total. The molecule has 0 fully saturated rings. The van der Waals surface area contributed by atoms with Crippen LogP contribution in [0.5, 0.6) is 0 Å². The number of carboxylic acids is 1. The maximum Gasteiger partial charge on any atom is 0.336 e. The van der Waals surface area contributed by atoms with E-state index in [0.29, 0.717) is 0 Å². The molecule has 12 heavy (non-hydrogen) atoms. The Labute approximate surface area is 70.8 Å². The highest BCUT2D eigenvalue weighted by molar-refractivity contribution is 7.56. The first kappa shape index (κ1) is 13.9. The second-order valence-corrected chi connectivity index (χ2v) is 4.90. The lowest BCUT2D eigenvalue weighted by Crippen LogP contribution is -2.15. The van der Waals surface area contributed by atoms with E-state index in [0.717, 1.165) is 6.08 Å². The van der Waals surface area contributed by atoms with Crippen LogP contribution in [0.25, 0.3) is 0 Å². The van der Waals surface area contributed by atoms with Gasteiger partial charge < -0.3 is 15.1 Å². The molecule has 0 aromatic carbocycles. The second kappa shape index (κ2) is 5.94. The number of aliphatic hydroxyl groups excluding tert-OH is 1. The first-order valence-electron chi connectivity index (χ1n) is 2.99. The minimum Gasteiger partial charge on any atom is -0.479 e. The highest BCUT2D eigenvalue weighted by Gasteiger charge is 2.04. The van der Waals surface area contributed by atoms with Crippen molar-refractivity contribution >= 4 is 13.3 Å². The van der Waals surface area contributed by atoms with Crippen molar-refractivity contribution < 1.29 is 24.5 Å². The van der Waals surface area contributed by atoms with Gasteiger partial charge in [0.15, 0.2) is 13.5 Å². The van der Waals surface area contributed by atoms with E-state index in [-0.39, 0.29) is 0 Å². The summed E-state index contributed by atoms with van der Waals surface area (Å²) in [7, 11) is -2.64. The SMILES string of the molecule is C=CC(O)C(=O)O.CP(C)(=O)O. The van der Waals surface area contributed by atoms with Crippen molar-refractivity contribution in [1.82, 2.24) is 0 Å². The fraction of sp³-hybridized carbons (Fsp3) is 0.500. The summed E-state index contributed by atoms with van der Waals surface area (Å²) in [6.45, 7) is 5.65. The largest absolute Gasteiger partial charge is 0.479 e. The molecule has 0 bridgehead atoms. The van der Waals surface area contributed by atoms with Crippen LogP contribution in [0.3, 0.4) is 0 Å². The van der Waals surface area contributed by atoms with Crippen molar-refractivity contribution in [3.8, 4) is 0 Å². The number of rotatable bonds is 2. The molecule has 0 saturated heterocycles. The van der Waals surface area contributed by atoms with Gasteiger partial charge in [-0.2, -0.15) is 0 Å². The van der Waals surface area contributed by atoms with Crippen molar-refractivity contribution in [3.05, 3.63) is 12.7 Å². The van der Waals surface area contributed by atoms with Gasteiger partial charge in [0.2, 0.25) is 0 Å². The summed E-state index contributed by atoms with van der Waals surface area (Å²) in [4.78, 5) is 17.7. The number of carbonyl (C=O) groups is 1. The summed E-state index contributed by atoms with van der Waals surface area (Å²) in [5.41, 5.74) is 0. The normalized spacial score (nSPS) is 12.3. The van der Waals surface area contributed by atoms with E-state index in [4.69, 9.17) is 15.1 Å². The molecule has 72 valence electrons. The zero-order valence-corrected chi connectivity index (χ0v) is 7.86. The molecule has 0 aliphatic heterocycles. The van der Waals surface area contributed by atoms with Gasteiger partial charge in [0, 0.05) is 13.3 Å². The average molecular weight is 196 g/mol. The molecular weight excluding hydrogens is 183 g/mol. The predicted octanol–water partition coefficient (Wildman–Crippen LogP) is 0.134. The molecule has 0 aliphatic rings. The molecule has 6 heteroatoms. The summed E-state index contributed by atoms with van der Waals surface area (Å²) in [5.74, 6) is -1.27. The zero-order valence-electron chi connectivity index (χ0n) is 6.97. The lowest BCUT2D eigenvalue weighted by Gasteiger charge is -1.91. The summed E-state index contributed by atoms with van der Waals surface area (Å²) >= 11 is 0. The van der Waals surface area contributed by atoms with Gasteiger partial charge in [-0.1, -0.05) is 12.7 Å². The molecule has 0 heterocycles. The summed E-state index contributed by atoms with van der Waals surface area (Å²) in [6.07, 6.45) is -0.470. The molecule has 0 saturated carbocycles. The topological polar surface area (TPSA) is 94.8 Å². The van der Waals surface area contributed by atoms with E-state index in [1.54, 1.807) is 0 Å². The number of hydrogen-bond acceptors (Lipinski definition) is 3. The molecular formula is C6H13O5P. The summed E-state index contributed by atoms with van der Waals surface area (Å²) < 4.78 is 9.77. The van der Waals surface area contributed by atoms with Crippen LogP contribution in [-0.4, -0.2) is 40.5 Å². The Morgan fingerprint density at radius 1 is 1.58 bits per heavy atom. The van der Waals surface area contributed by atoms with Crippen molar-refractivity contribution in [1.29, 1.82) is 0 Å². The molecule has 1 atom stereocenters. The fourth-order valence-electron chi connectivity index (χ4n) is 0.101. The molecule has 0 aliphatic carbocycles. The van der Waals surface area contributed by atoms with Crippen LogP contribution >= 0.6 is 7.37 Å². The minimum atomic E-state index is -2.64. The highest BCUT2D eigenvalue weighted by atomic mass is 31.2. The van der Waals surface area contributed by atoms with Crippen LogP contribution in [0.4, 0.5) is 0 Å². The number of carboxylic acid groups (broad SMARTS) is 1. The fourth-order valence-corrected chi connectivity index (χ4v) is 0.101. The van der Waals surface area contributed by atoms with Gasteiger partial charge in [-0.15, -0.1) is 0 Å². The van der Waals surface area contributed by atoms with Crippen LogP contribution in [0, 0.1) is 0 Å². The van der Waals surface area contributed by atoms with Gasteiger partial charge in [0.25, 0.3) is 0 Å². The Morgan fingerprint density at radius 3 is 1.83 bits per heavy atom. The molecule has 0 spiro atoms. The number of aliphatic hydroxyl groups is 1. The van der Waals surface area contributed by atoms with Crippen LogP contribution < -0.4 is 0 Å². The van der Waals surface area contributed by atoms with Gasteiger partial charge in [-0.3, -0.25) is 4.57 Å². The summed E-state index contributed by atoms with van der Waals surface area (Å²) in [5, 5.41) is 16.1. The van der Waals surface area contributed by atoms with Gasteiger partial charge >= 0.3 is 5.97 Å². The highest BCUT2D eigenvalue weighted by Crippen LogP contribution is 2.27. The predicted molar refractivity (Wildman–Crippen MR) is 45.5 cm³/mol. The second-order valence-electron chi connectivity index (χ2n) is 2.31. The summed E-state index contributed by atoms with van der Waals surface area (Å²) in [6, 6.07) is 0. The van der Waals surface area contributed by atoms with Crippen molar-refractivity contribution in [2.45, 2.75) is 6.10 Å². The lowest BCUT2D eigenvalue weighted by molar-refractivity contribution is -0.144. The van der Waals surface area contributed by atoms with E-state index in [1.165, 1.54) is 13.3 Å². The molecule has 0 aromatic rings. The third kappa shape index (κ3) is 22.8. The lowest BCUT2D eigenvalue weighted by atomic mass is 10.4. The minimum absolute atomic E-state index is 0.947. The van der Waals surface area contributed by atoms with Crippen LogP contribution in [-0.2, 0) is 9.36 Å². The first-order valence-corrected chi connectivity index (χ1v) is 5.55. The Balaban J connectivity index is 0. The maximum absolute atomic E-state index is 9.77. The van der Waals surface area contributed by atoms with E-state index in [1.807, 2.05) is 0 Å². The number of aliphatic carboxylic acids is 1. The molecule has 1 unspecified atom stereocenters. The molecule has 0 aromatic heterocycles. The third-order valence-electron chi connectivity index (χ3n) is 0.476. The molecule has 0 rings (SSSR count). The molecule has 3 N–H and O–H groups in total. The first-order chi connectivity index (χ1) is 5.18. The standard InChI is InChI=1S/C4H6O3.C2H7O2P/c1-2-3(5)4(6)7;1-5(2,3)4/h2-3,5H,1H2,(H,6,7);1-2H3,(H,3,4). The molecule has 0 radical (unpaired) electrons. The smallest absolute Gasteiger partial charge is 0.336 e. The Kier molecular flexibility index (Phi) is 6.89. The quantitative estimate of drug-likeness (QED) is 0.431. The van der Waals surface area contributed by atoms with Gasteiger partial charge in [-0.05, 0) is 0 Å². The average Bonchev–Trinajstić information content (AvgIpc) is 1.82. The van der Waals surface area contributed by atoms with Gasteiger partial charge in [-0.25, -0.2) is 4.79 Å². The zero-order chi connectivity index (χ0) is 10.4. The number of hydrogen-bond donors (Lipinski definition) is 3. The van der Waals surface area contributed by atoms with Crippen molar-refractivity contribution in [3.63, 3.8) is 0 Å². The Hall–Kier alpha value is -0.640. The third-order valence-corrected chi connectivity index (χ3v) is 0.476. The van der Waals surface area contributed by atoms with E-state index < -0.39 is 19.4 Å². The van der Waals surface area contributed by atoms with Gasteiger partial charge in [0.05, 0.1) is 0 Å². The van der Waals surface area contributed by atoms with Crippen LogP contribution in [0.1, 0.15) is 0 Å².